The van der Waals surface area contributed by atoms with Gasteiger partial charge in [-0.05, 0) is 18.6 Å². The maximum atomic E-state index is 12.9. The predicted octanol–water partition coefficient (Wildman–Crippen LogP) is 2.10. The molecule has 0 aliphatic carbocycles. The van der Waals surface area contributed by atoms with Crippen molar-refractivity contribution in [3.8, 4) is 11.4 Å². The van der Waals surface area contributed by atoms with Crippen LogP contribution in [0.5, 0.6) is 0 Å². The predicted molar refractivity (Wildman–Crippen MR) is 107 cm³/mol. The molecule has 0 saturated carbocycles. The van der Waals surface area contributed by atoms with E-state index >= 15 is 0 Å². The van der Waals surface area contributed by atoms with Gasteiger partial charge in [-0.15, -0.1) is 0 Å². The number of nitrogens with one attached hydrogen (secondary N) is 1. The number of H-pyrrole nitrogens is 1. The maximum Gasteiger partial charge on any atom is 0.260 e. The highest BCUT2D eigenvalue weighted by atomic mass is 16.2. The molecule has 0 spiro atoms. The highest BCUT2D eigenvalue weighted by Gasteiger charge is 2.27. The molecule has 0 unspecified atom stereocenters. The quantitative estimate of drug-likeness (QED) is 0.758. The van der Waals surface area contributed by atoms with Crippen LogP contribution in [0.1, 0.15) is 21.6 Å². The first kappa shape index (κ1) is 17.9. The van der Waals surface area contributed by atoms with Gasteiger partial charge in [0.2, 0.25) is 0 Å². The smallest absolute Gasteiger partial charge is 0.260 e. The fraction of sp³-hybridized carbons (Fsp3) is 0.238. The number of pyridine rings is 1. The number of anilines is 1. The van der Waals surface area contributed by atoms with Crippen molar-refractivity contribution in [2.24, 2.45) is 0 Å². The molecule has 1 aromatic carbocycles. The third-order valence-corrected chi connectivity index (χ3v) is 4.83. The van der Waals surface area contributed by atoms with Crippen molar-refractivity contribution in [2.75, 3.05) is 25.5 Å². The monoisotopic (exact) mass is 375 g/mol. The van der Waals surface area contributed by atoms with E-state index in [0.717, 1.165) is 22.6 Å². The Morgan fingerprint density at radius 2 is 1.89 bits per heavy atom. The summed E-state index contributed by atoms with van der Waals surface area (Å²) in [6.07, 6.45) is 2.17. The number of benzene rings is 1. The fourth-order valence-corrected chi connectivity index (χ4v) is 3.43. The van der Waals surface area contributed by atoms with Crippen molar-refractivity contribution in [2.45, 2.75) is 13.0 Å². The van der Waals surface area contributed by atoms with Gasteiger partial charge in [-0.1, -0.05) is 30.3 Å². The van der Waals surface area contributed by atoms with E-state index in [1.807, 2.05) is 49.3 Å². The summed E-state index contributed by atoms with van der Waals surface area (Å²) in [6.45, 7) is 0.876. The summed E-state index contributed by atoms with van der Waals surface area (Å²) in [6, 6.07) is 13.0. The molecule has 3 heterocycles. The lowest BCUT2D eigenvalue weighted by molar-refractivity contribution is 0.0730. The first-order chi connectivity index (χ1) is 13.5. The Kier molecular flexibility index (Phi) is 4.65. The minimum absolute atomic E-state index is 0.149. The highest BCUT2D eigenvalue weighted by Crippen LogP contribution is 2.28. The Balaban J connectivity index is 1.73. The number of fused-ring (bicyclic) bond motifs is 1. The summed E-state index contributed by atoms with van der Waals surface area (Å²) >= 11 is 0. The second-order valence-electron chi connectivity index (χ2n) is 6.95. The average Bonchev–Trinajstić information content (AvgIpc) is 2.73. The average molecular weight is 375 g/mol. The molecule has 0 fully saturated rings. The Labute approximate surface area is 162 Å². The summed E-state index contributed by atoms with van der Waals surface area (Å²) in [7, 11) is 3.91. The molecule has 1 N–H and O–H groups in total. The number of nitrogens with zero attached hydrogens (tertiary/aromatic N) is 4. The van der Waals surface area contributed by atoms with Crippen LogP contribution in [0.15, 0.2) is 53.5 Å². The van der Waals surface area contributed by atoms with E-state index in [2.05, 4.69) is 4.98 Å². The number of aromatic nitrogens is 3. The summed E-state index contributed by atoms with van der Waals surface area (Å²) in [5, 5.41) is 0. The molecule has 1 amide bonds. The molecule has 1 aliphatic rings. The van der Waals surface area contributed by atoms with Crippen molar-refractivity contribution < 1.29 is 4.79 Å². The van der Waals surface area contributed by atoms with Crippen molar-refractivity contribution >= 4 is 11.7 Å². The molecule has 0 bridgehead atoms. The molecule has 4 rings (SSSR count). The summed E-state index contributed by atoms with van der Waals surface area (Å²) in [4.78, 5) is 40.6. The number of hydrogen-bond donors (Lipinski definition) is 1. The largest absolute Gasteiger partial charge is 0.362 e. The van der Waals surface area contributed by atoms with Crippen LogP contribution in [-0.2, 0) is 13.0 Å². The van der Waals surface area contributed by atoms with E-state index in [-0.39, 0.29) is 17.0 Å². The molecule has 1 aliphatic heterocycles. The van der Waals surface area contributed by atoms with Gasteiger partial charge in [-0.2, -0.15) is 0 Å². The molecule has 28 heavy (non-hydrogen) atoms. The molecular weight excluding hydrogens is 354 g/mol. The minimum Gasteiger partial charge on any atom is -0.362 e. The van der Waals surface area contributed by atoms with E-state index in [1.165, 1.54) is 6.20 Å². The molecular formula is C21H21N5O2. The van der Waals surface area contributed by atoms with Gasteiger partial charge in [-0.3, -0.25) is 9.59 Å². The van der Waals surface area contributed by atoms with Crippen LogP contribution in [0.2, 0.25) is 0 Å². The van der Waals surface area contributed by atoms with Crippen LogP contribution in [-0.4, -0.2) is 46.4 Å². The molecule has 7 heteroatoms. The molecule has 142 valence electrons. The third kappa shape index (κ3) is 3.26. The van der Waals surface area contributed by atoms with Crippen LogP contribution in [0, 0.1) is 0 Å². The zero-order valence-corrected chi connectivity index (χ0v) is 15.8. The van der Waals surface area contributed by atoms with E-state index in [9.17, 15) is 9.59 Å². The van der Waals surface area contributed by atoms with E-state index < -0.39 is 0 Å². The van der Waals surface area contributed by atoms with Gasteiger partial charge >= 0.3 is 0 Å². The highest BCUT2D eigenvalue weighted by molar-refractivity contribution is 5.94. The van der Waals surface area contributed by atoms with Crippen LogP contribution in [0.3, 0.4) is 0 Å². The maximum absolute atomic E-state index is 12.9. The topological polar surface area (TPSA) is 82.2 Å². The van der Waals surface area contributed by atoms with Gasteiger partial charge in [-0.25, -0.2) is 9.97 Å². The molecule has 0 radical (unpaired) electrons. The van der Waals surface area contributed by atoms with Crippen molar-refractivity contribution in [1.82, 2.24) is 19.9 Å². The number of carbonyl (C=O) groups excluding carboxylic acids is 1. The summed E-state index contributed by atoms with van der Waals surface area (Å²) in [5.74, 6) is 1.22. The molecule has 0 saturated heterocycles. The number of rotatable bonds is 3. The summed E-state index contributed by atoms with van der Waals surface area (Å²) in [5.41, 5.74) is 2.58. The van der Waals surface area contributed by atoms with Gasteiger partial charge in [0.05, 0.1) is 12.2 Å². The van der Waals surface area contributed by atoms with E-state index in [4.69, 9.17) is 9.97 Å². The van der Waals surface area contributed by atoms with Gasteiger partial charge in [0.15, 0.2) is 5.82 Å². The van der Waals surface area contributed by atoms with Crippen LogP contribution in [0.4, 0.5) is 5.82 Å². The third-order valence-electron chi connectivity index (χ3n) is 4.83. The standard InChI is InChI=1S/C21H21N5O2/c1-25(2)19-15-10-12-26(21(28)16-9-6-11-22-20(16)27)13-17(15)23-18(24-19)14-7-4-3-5-8-14/h3-9,11H,10,12-13H2,1-2H3,(H,22,27). The summed E-state index contributed by atoms with van der Waals surface area (Å²) < 4.78 is 0. The number of hydrogen-bond acceptors (Lipinski definition) is 5. The van der Waals surface area contributed by atoms with Crippen molar-refractivity contribution in [3.63, 3.8) is 0 Å². The Morgan fingerprint density at radius 3 is 2.61 bits per heavy atom. The zero-order valence-electron chi connectivity index (χ0n) is 15.8. The van der Waals surface area contributed by atoms with E-state index in [0.29, 0.717) is 25.3 Å². The molecule has 3 aromatic rings. The van der Waals surface area contributed by atoms with Gasteiger partial charge < -0.3 is 14.8 Å². The Hall–Kier alpha value is -3.48. The van der Waals surface area contributed by atoms with E-state index in [1.54, 1.807) is 17.0 Å². The number of carbonyl (C=O) groups is 1. The fourth-order valence-electron chi connectivity index (χ4n) is 3.43. The van der Waals surface area contributed by atoms with Crippen LogP contribution in [0.25, 0.3) is 11.4 Å². The van der Waals surface area contributed by atoms with Crippen LogP contribution < -0.4 is 10.5 Å². The Morgan fingerprint density at radius 1 is 1.11 bits per heavy atom. The van der Waals surface area contributed by atoms with Crippen molar-refractivity contribution in [1.29, 1.82) is 0 Å². The molecule has 7 nitrogen and oxygen atoms in total. The van der Waals surface area contributed by atoms with Crippen LogP contribution >= 0.6 is 0 Å². The second kappa shape index (κ2) is 7.26. The SMILES string of the molecule is CN(C)c1nc(-c2ccccc2)nc2c1CCN(C(=O)c1ccc[nH]c1=O)C2. The molecule has 2 aromatic heterocycles. The Bertz CT molecular complexity index is 1080. The first-order valence-corrected chi connectivity index (χ1v) is 9.14. The lowest BCUT2D eigenvalue weighted by Crippen LogP contribution is -2.39. The normalized spacial score (nSPS) is 13.1. The first-order valence-electron chi connectivity index (χ1n) is 9.14. The zero-order chi connectivity index (χ0) is 19.7. The number of aromatic amines is 1. The lowest BCUT2D eigenvalue weighted by atomic mass is 10.0. The van der Waals surface area contributed by atoms with Gasteiger partial charge in [0.1, 0.15) is 11.4 Å². The van der Waals surface area contributed by atoms with Gasteiger partial charge in [0.25, 0.3) is 11.5 Å². The van der Waals surface area contributed by atoms with Crippen molar-refractivity contribution in [3.05, 3.63) is 75.8 Å². The van der Waals surface area contributed by atoms with Gasteiger partial charge in [0, 0.05) is 38.0 Å². The lowest BCUT2D eigenvalue weighted by Gasteiger charge is -2.30. The molecule has 0 atom stereocenters. The number of amides is 1. The minimum atomic E-state index is -0.375. The second-order valence-corrected chi connectivity index (χ2v) is 6.95.